The molecule has 0 saturated heterocycles. The SMILES string of the molecule is CC(C)N(C)S(=O)(=O)Cc1ccccc1CN. The van der Waals surface area contributed by atoms with Crippen LogP contribution in [0, 0.1) is 0 Å². The van der Waals surface area contributed by atoms with E-state index < -0.39 is 10.0 Å². The maximum absolute atomic E-state index is 12.1. The van der Waals surface area contributed by atoms with Crippen molar-refractivity contribution in [3.05, 3.63) is 35.4 Å². The quantitative estimate of drug-likeness (QED) is 0.864. The van der Waals surface area contributed by atoms with Crippen LogP contribution in [0.15, 0.2) is 24.3 Å². The third-order valence-electron chi connectivity index (χ3n) is 2.84. The van der Waals surface area contributed by atoms with Crippen LogP contribution in [-0.4, -0.2) is 25.8 Å². The van der Waals surface area contributed by atoms with Crippen LogP contribution in [0.25, 0.3) is 0 Å². The third kappa shape index (κ3) is 3.52. The van der Waals surface area contributed by atoms with Gasteiger partial charge in [-0.05, 0) is 25.0 Å². The zero-order valence-corrected chi connectivity index (χ0v) is 11.4. The van der Waals surface area contributed by atoms with Gasteiger partial charge in [0.05, 0.1) is 5.75 Å². The molecule has 0 bridgehead atoms. The zero-order chi connectivity index (χ0) is 13.1. The maximum Gasteiger partial charge on any atom is 0.218 e. The van der Waals surface area contributed by atoms with Crippen molar-refractivity contribution in [3.63, 3.8) is 0 Å². The Morgan fingerprint density at radius 3 is 2.24 bits per heavy atom. The summed E-state index contributed by atoms with van der Waals surface area (Å²) in [7, 11) is -1.67. The lowest BCUT2D eigenvalue weighted by atomic mass is 10.1. The average molecular weight is 256 g/mol. The summed E-state index contributed by atoms with van der Waals surface area (Å²) in [4.78, 5) is 0. The number of hydrogen-bond acceptors (Lipinski definition) is 3. The topological polar surface area (TPSA) is 63.4 Å². The predicted molar refractivity (Wildman–Crippen MR) is 69.9 cm³/mol. The van der Waals surface area contributed by atoms with Crippen LogP contribution in [0.3, 0.4) is 0 Å². The molecule has 0 aromatic heterocycles. The van der Waals surface area contributed by atoms with E-state index in [1.165, 1.54) is 4.31 Å². The Morgan fingerprint density at radius 2 is 1.76 bits per heavy atom. The van der Waals surface area contributed by atoms with Gasteiger partial charge >= 0.3 is 0 Å². The minimum Gasteiger partial charge on any atom is -0.326 e. The highest BCUT2D eigenvalue weighted by atomic mass is 32.2. The van der Waals surface area contributed by atoms with Gasteiger partial charge in [0.1, 0.15) is 0 Å². The van der Waals surface area contributed by atoms with E-state index in [4.69, 9.17) is 5.73 Å². The van der Waals surface area contributed by atoms with Crippen LogP contribution >= 0.6 is 0 Å². The molecule has 0 aliphatic rings. The molecule has 0 atom stereocenters. The summed E-state index contributed by atoms with van der Waals surface area (Å²) < 4.78 is 25.6. The summed E-state index contributed by atoms with van der Waals surface area (Å²) in [5.41, 5.74) is 7.26. The molecule has 2 N–H and O–H groups in total. The molecule has 0 amide bonds. The van der Waals surface area contributed by atoms with E-state index in [1.807, 2.05) is 38.1 Å². The fraction of sp³-hybridized carbons (Fsp3) is 0.500. The van der Waals surface area contributed by atoms with E-state index in [0.717, 1.165) is 11.1 Å². The average Bonchev–Trinajstić information content (AvgIpc) is 2.28. The molecular weight excluding hydrogens is 236 g/mol. The number of nitrogens with zero attached hydrogens (tertiary/aromatic N) is 1. The van der Waals surface area contributed by atoms with E-state index in [2.05, 4.69) is 0 Å². The Balaban J connectivity index is 2.98. The van der Waals surface area contributed by atoms with Gasteiger partial charge < -0.3 is 5.73 Å². The molecule has 17 heavy (non-hydrogen) atoms. The number of hydrogen-bond donors (Lipinski definition) is 1. The standard InChI is InChI=1S/C12H20N2O2S/c1-10(2)14(3)17(15,16)9-12-7-5-4-6-11(12)8-13/h4-7,10H,8-9,13H2,1-3H3. The van der Waals surface area contributed by atoms with Crippen LogP contribution in [0.4, 0.5) is 0 Å². The minimum absolute atomic E-state index is 0.00898. The molecule has 0 aliphatic heterocycles. The molecule has 1 aromatic rings. The normalized spacial score (nSPS) is 12.4. The molecule has 4 nitrogen and oxygen atoms in total. The first kappa shape index (κ1) is 14.2. The molecule has 0 fully saturated rings. The van der Waals surface area contributed by atoms with Crippen LogP contribution in [0.5, 0.6) is 0 Å². The Labute approximate surface area is 103 Å². The summed E-state index contributed by atoms with van der Waals surface area (Å²) in [5.74, 6) is 0.00898. The van der Waals surface area contributed by atoms with Crippen molar-refractivity contribution in [2.45, 2.75) is 32.2 Å². The molecule has 0 saturated carbocycles. The number of benzene rings is 1. The molecule has 0 heterocycles. The van der Waals surface area contributed by atoms with Crippen molar-refractivity contribution in [2.75, 3.05) is 7.05 Å². The van der Waals surface area contributed by atoms with Crippen molar-refractivity contribution in [1.82, 2.24) is 4.31 Å². The summed E-state index contributed by atoms with van der Waals surface area (Å²) in [5, 5.41) is 0. The first-order chi connectivity index (χ1) is 7.88. The second-order valence-electron chi connectivity index (χ2n) is 4.34. The highest BCUT2D eigenvalue weighted by Crippen LogP contribution is 2.15. The van der Waals surface area contributed by atoms with E-state index in [9.17, 15) is 8.42 Å². The smallest absolute Gasteiger partial charge is 0.218 e. The van der Waals surface area contributed by atoms with Crippen molar-refractivity contribution >= 4 is 10.0 Å². The van der Waals surface area contributed by atoms with Gasteiger partial charge in [-0.25, -0.2) is 12.7 Å². The molecule has 1 rings (SSSR count). The van der Waals surface area contributed by atoms with E-state index in [1.54, 1.807) is 7.05 Å². The molecular formula is C12H20N2O2S. The van der Waals surface area contributed by atoms with Gasteiger partial charge in [0.15, 0.2) is 0 Å². The minimum atomic E-state index is -3.27. The van der Waals surface area contributed by atoms with Gasteiger partial charge in [0.25, 0.3) is 0 Å². The van der Waals surface area contributed by atoms with Gasteiger partial charge in [-0.3, -0.25) is 0 Å². The van der Waals surface area contributed by atoms with Crippen LogP contribution in [0.2, 0.25) is 0 Å². The number of rotatable bonds is 5. The van der Waals surface area contributed by atoms with E-state index in [-0.39, 0.29) is 11.8 Å². The lowest BCUT2D eigenvalue weighted by molar-refractivity contribution is 0.410. The highest BCUT2D eigenvalue weighted by Gasteiger charge is 2.21. The second-order valence-corrected chi connectivity index (χ2v) is 6.37. The van der Waals surface area contributed by atoms with Crippen LogP contribution in [0.1, 0.15) is 25.0 Å². The number of sulfonamides is 1. The lowest BCUT2D eigenvalue weighted by Crippen LogP contribution is -2.34. The van der Waals surface area contributed by atoms with Crippen molar-refractivity contribution in [3.8, 4) is 0 Å². The van der Waals surface area contributed by atoms with E-state index >= 15 is 0 Å². The number of nitrogens with two attached hydrogens (primary N) is 1. The van der Waals surface area contributed by atoms with Crippen LogP contribution in [-0.2, 0) is 22.3 Å². The van der Waals surface area contributed by atoms with E-state index in [0.29, 0.717) is 6.54 Å². The summed E-state index contributed by atoms with van der Waals surface area (Å²) >= 11 is 0. The first-order valence-electron chi connectivity index (χ1n) is 5.61. The molecule has 5 heteroatoms. The second kappa shape index (κ2) is 5.62. The molecule has 0 spiro atoms. The fourth-order valence-electron chi connectivity index (χ4n) is 1.52. The molecule has 1 aromatic carbocycles. The third-order valence-corrected chi connectivity index (χ3v) is 4.82. The van der Waals surface area contributed by atoms with Gasteiger partial charge in [0, 0.05) is 19.6 Å². The van der Waals surface area contributed by atoms with Gasteiger partial charge in [-0.2, -0.15) is 0 Å². The van der Waals surface area contributed by atoms with Crippen molar-refractivity contribution < 1.29 is 8.42 Å². The Morgan fingerprint density at radius 1 is 1.24 bits per heavy atom. The van der Waals surface area contributed by atoms with Crippen molar-refractivity contribution in [1.29, 1.82) is 0 Å². The fourth-order valence-corrected chi connectivity index (χ4v) is 3.04. The van der Waals surface area contributed by atoms with Gasteiger partial charge in [0.2, 0.25) is 10.0 Å². The summed E-state index contributed by atoms with van der Waals surface area (Å²) in [6, 6.07) is 7.34. The van der Waals surface area contributed by atoms with Crippen molar-refractivity contribution in [2.24, 2.45) is 5.73 Å². The first-order valence-corrected chi connectivity index (χ1v) is 7.22. The highest BCUT2D eigenvalue weighted by molar-refractivity contribution is 7.88. The Bertz CT molecular complexity index is 469. The van der Waals surface area contributed by atoms with Crippen LogP contribution < -0.4 is 5.73 Å². The maximum atomic E-state index is 12.1. The summed E-state index contributed by atoms with van der Waals surface area (Å²) in [6.07, 6.45) is 0. The summed E-state index contributed by atoms with van der Waals surface area (Å²) in [6.45, 7) is 4.07. The molecule has 0 unspecified atom stereocenters. The lowest BCUT2D eigenvalue weighted by Gasteiger charge is -2.21. The molecule has 96 valence electrons. The largest absolute Gasteiger partial charge is 0.326 e. The molecule has 0 radical (unpaired) electrons. The van der Waals surface area contributed by atoms with Gasteiger partial charge in [-0.15, -0.1) is 0 Å². The van der Waals surface area contributed by atoms with Gasteiger partial charge in [-0.1, -0.05) is 24.3 Å². The predicted octanol–water partition coefficient (Wildman–Crippen LogP) is 1.32. The Kier molecular flexibility index (Phi) is 4.68. The monoisotopic (exact) mass is 256 g/mol. The molecule has 0 aliphatic carbocycles. The Hall–Kier alpha value is -0.910. The zero-order valence-electron chi connectivity index (χ0n) is 10.6.